The maximum Gasteiger partial charge on any atom is 0.317 e. The predicted octanol–water partition coefficient (Wildman–Crippen LogP) is 1.55. The molecular formula is C13H26N2O4. The summed E-state index contributed by atoms with van der Waals surface area (Å²) in [4.78, 5) is 24.6. The Bertz CT molecular complexity index is 305. The fraction of sp³-hybridized carbons (Fsp3) is 0.846. The number of carboxylic acids is 1. The molecule has 0 aliphatic heterocycles. The number of aliphatic carboxylic acids is 1. The van der Waals surface area contributed by atoms with Gasteiger partial charge in [0.25, 0.3) is 0 Å². The van der Waals surface area contributed by atoms with E-state index in [2.05, 4.69) is 5.32 Å². The Hall–Kier alpha value is -1.30. The topological polar surface area (TPSA) is 78.9 Å². The van der Waals surface area contributed by atoms with Gasteiger partial charge in [-0.1, -0.05) is 0 Å². The number of methoxy groups -OCH3 is 1. The van der Waals surface area contributed by atoms with Crippen LogP contribution in [0.4, 0.5) is 4.79 Å². The summed E-state index contributed by atoms with van der Waals surface area (Å²) in [6.07, 6.45) is 0.393. The quantitative estimate of drug-likeness (QED) is 0.704. The van der Waals surface area contributed by atoms with Gasteiger partial charge in [0.1, 0.15) is 0 Å². The van der Waals surface area contributed by atoms with E-state index in [0.717, 1.165) is 0 Å². The van der Waals surface area contributed by atoms with Gasteiger partial charge in [-0.2, -0.15) is 0 Å². The number of amides is 2. The van der Waals surface area contributed by atoms with Crippen LogP contribution in [0.15, 0.2) is 0 Å². The van der Waals surface area contributed by atoms with Gasteiger partial charge in [-0.05, 0) is 34.1 Å². The number of rotatable bonds is 8. The van der Waals surface area contributed by atoms with E-state index in [4.69, 9.17) is 9.84 Å². The van der Waals surface area contributed by atoms with Crippen molar-refractivity contribution in [3.05, 3.63) is 0 Å². The molecule has 0 saturated heterocycles. The monoisotopic (exact) mass is 274 g/mol. The van der Waals surface area contributed by atoms with Gasteiger partial charge in [0.15, 0.2) is 0 Å². The van der Waals surface area contributed by atoms with E-state index in [1.807, 2.05) is 13.8 Å². The smallest absolute Gasteiger partial charge is 0.317 e. The Morgan fingerprint density at radius 3 is 2.42 bits per heavy atom. The Morgan fingerprint density at radius 2 is 2.00 bits per heavy atom. The zero-order valence-corrected chi connectivity index (χ0v) is 12.5. The first-order valence-corrected chi connectivity index (χ1v) is 6.53. The summed E-state index contributed by atoms with van der Waals surface area (Å²) in [7, 11) is 1.59. The molecule has 0 aromatic carbocycles. The highest BCUT2D eigenvalue weighted by atomic mass is 16.5. The van der Waals surface area contributed by atoms with E-state index in [1.54, 1.807) is 25.9 Å². The molecule has 0 aliphatic carbocycles. The molecule has 0 fully saturated rings. The third-order valence-corrected chi connectivity index (χ3v) is 3.15. The van der Waals surface area contributed by atoms with Gasteiger partial charge in [0, 0.05) is 20.2 Å². The third-order valence-electron chi connectivity index (χ3n) is 3.15. The van der Waals surface area contributed by atoms with Crippen LogP contribution in [0.3, 0.4) is 0 Å². The first-order valence-electron chi connectivity index (χ1n) is 6.53. The summed E-state index contributed by atoms with van der Waals surface area (Å²) in [6, 6.07) is -0.198. The van der Waals surface area contributed by atoms with Crippen molar-refractivity contribution in [2.75, 3.05) is 26.8 Å². The van der Waals surface area contributed by atoms with Crippen LogP contribution in [0.1, 0.15) is 34.1 Å². The number of nitrogens with one attached hydrogen (secondary N) is 1. The summed E-state index contributed by atoms with van der Waals surface area (Å²) in [5.74, 6) is -0.859. The number of carbonyl (C=O) groups excluding carboxylic acids is 1. The molecule has 0 saturated carbocycles. The Kier molecular flexibility index (Phi) is 7.44. The Balaban J connectivity index is 4.25. The van der Waals surface area contributed by atoms with Gasteiger partial charge in [-0.25, -0.2) is 4.79 Å². The molecule has 2 N–H and O–H groups in total. The van der Waals surface area contributed by atoms with Crippen LogP contribution in [0.2, 0.25) is 0 Å². The second-order valence-electron chi connectivity index (χ2n) is 5.26. The van der Waals surface area contributed by atoms with E-state index in [-0.39, 0.29) is 12.1 Å². The molecule has 6 heteroatoms. The number of urea groups is 1. The highest BCUT2D eigenvalue weighted by Gasteiger charge is 2.27. The van der Waals surface area contributed by atoms with Crippen molar-refractivity contribution in [1.29, 1.82) is 0 Å². The van der Waals surface area contributed by atoms with Gasteiger partial charge in [0.05, 0.1) is 18.1 Å². The average Bonchev–Trinajstić information content (AvgIpc) is 2.29. The number of carboxylic acid groups (broad SMARTS) is 1. The second-order valence-corrected chi connectivity index (χ2v) is 5.26. The Labute approximate surface area is 115 Å². The zero-order valence-electron chi connectivity index (χ0n) is 12.5. The first kappa shape index (κ1) is 17.7. The number of hydrogen-bond acceptors (Lipinski definition) is 3. The van der Waals surface area contributed by atoms with Crippen molar-refractivity contribution in [3.63, 3.8) is 0 Å². The maximum absolute atomic E-state index is 12.0. The molecule has 0 spiro atoms. The van der Waals surface area contributed by atoms with Crippen molar-refractivity contribution in [3.8, 4) is 0 Å². The SMILES string of the molecule is CCN(C(=O)NCCC(C)(C)C(=O)O)C(C)COC. The lowest BCUT2D eigenvalue weighted by atomic mass is 9.90. The third kappa shape index (κ3) is 5.92. The van der Waals surface area contributed by atoms with Crippen LogP contribution in [0.25, 0.3) is 0 Å². The van der Waals surface area contributed by atoms with Crippen LogP contribution in [0.5, 0.6) is 0 Å². The van der Waals surface area contributed by atoms with Crippen LogP contribution in [0, 0.1) is 5.41 Å². The molecule has 112 valence electrons. The Morgan fingerprint density at radius 1 is 1.42 bits per heavy atom. The lowest BCUT2D eigenvalue weighted by Gasteiger charge is -2.28. The minimum atomic E-state index is -0.859. The maximum atomic E-state index is 12.0. The summed E-state index contributed by atoms with van der Waals surface area (Å²) in [5, 5.41) is 11.7. The van der Waals surface area contributed by atoms with Crippen LogP contribution >= 0.6 is 0 Å². The average molecular weight is 274 g/mol. The molecule has 0 heterocycles. The summed E-state index contributed by atoms with van der Waals surface area (Å²) in [6.45, 7) is 8.49. The largest absolute Gasteiger partial charge is 0.481 e. The van der Waals surface area contributed by atoms with E-state index in [0.29, 0.717) is 26.1 Å². The van der Waals surface area contributed by atoms with Gasteiger partial charge in [-0.15, -0.1) is 0 Å². The zero-order chi connectivity index (χ0) is 15.1. The van der Waals surface area contributed by atoms with E-state index in [9.17, 15) is 9.59 Å². The molecule has 0 aromatic heterocycles. The predicted molar refractivity (Wildman–Crippen MR) is 73.2 cm³/mol. The normalized spacial score (nSPS) is 12.9. The number of ether oxygens (including phenoxy) is 1. The molecule has 0 bridgehead atoms. The molecule has 0 aromatic rings. The number of nitrogens with zero attached hydrogens (tertiary/aromatic N) is 1. The molecule has 0 radical (unpaired) electrons. The van der Waals surface area contributed by atoms with Gasteiger partial charge in [0.2, 0.25) is 0 Å². The highest BCUT2D eigenvalue weighted by Crippen LogP contribution is 2.19. The highest BCUT2D eigenvalue weighted by molar-refractivity contribution is 5.75. The molecule has 19 heavy (non-hydrogen) atoms. The van der Waals surface area contributed by atoms with E-state index in [1.165, 1.54) is 0 Å². The lowest BCUT2D eigenvalue weighted by Crippen LogP contribution is -2.47. The number of carbonyl (C=O) groups is 2. The molecule has 0 rings (SSSR count). The van der Waals surface area contributed by atoms with Crippen LogP contribution in [-0.2, 0) is 9.53 Å². The molecule has 0 aliphatic rings. The van der Waals surface area contributed by atoms with Gasteiger partial charge < -0.3 is 20.1 Å². The minimum absolute atomic E-state index is 0.0116. The molecule has 2 amide bonds. The van der Waals surface area contributed by atoms with Gasteiger partial charge >= 0.3 is 12.0 Å². The standard InChI is InChI=1S/C13H26N2O4/c1-6-15(10(2)9-19-5)12(18)14-8-7-13(3,4)11(16)17/h10H,6-9H2,1-5H3,(H,14,18)(H,16,17). The van der Waals surface area contributed by atoms with Crippen LogP contribution < -0.4 is 5.32 Å². The van der Waals surface area contributed by atoms with Crippen molar-refractivity contribution in [2.24, 2.45) is 5.41 Å². The minimum Gasteiger partial charge on any atom is -0.481 e. The van der Waals surface area contributed by atoms with Crippen molar-refractivity contribution < 1.29 is 19.4 Å². The first-order chi connectivity index (χ1) is 8.76. The fourth-order valence-corrected chi connectivity index (χ4v) is 1.68. The van der Waals surface area contributed by atoms with Crippen LogP contribution in [-0.4, -0.2) is 54.9 Å². The second kappa shape index (κ2) is 7.99. The molecular weight excluding hydrogens is 248 g/mol. The number of likely N-dealkylation sites (N-methyl/N-ethyl adjacent to an activating group) is 1. The molecule has 1 unspecified atom stereocenters. The summed E-state index contributed by atoms with van der Waals surface area (Å²) >= 11 is 0. The molecule has 6 nitrogen and oxygen atoms in total. The van der Waals surface area contributed by atoms with Crippen molar-refractivity contribution in [2.45, 2.75) is 40.2 Å². The van der Waals surface area contributed by atoms with E-state index >= 15 is 0 Å². The lowest BCUT2D eigenvalue weighted by molar-refractivity contribution is -0.147. The summed E-state index contributed by atoms with van der Waals surface area (Å²) in [5.41, 5.74) is -0.831. The molecule has 1 atom stereocenters. The van der Waals surface area contributed by atoms with Crippen molar-refractivity contribution >= 4 is 12.0 Å². The fourth-order valence-electron chi connectivity index (χ4n) is 1.68. The van der Waals surface area contributed by atoms with E-state index < -0.39 is 11.4 Å². The van der Waals surface area contributed by atoms with Crippen molar-refractivity contribution in [1.82, 2.24) is 10.2 Å². The number of hydrogen-bond donors (Lipinski definition) is 2. The summed E-state index contributed by atoms with van der Waals surface area (Å²) < 4.78 is 5.03. The van der Waals surface area contributed by atoms with Gasteiger partial charge in [-0.3, -0.25) is 4.79 Å².